The number of aromatic nitrogens is 3. The topological polar surface area (TPSA) is 59.8 Å². The van der Waals surface area contributed by atoms with Crippen molar-refractivity contribution in [1.29, 1.82) is 0 Å². The van der Waals surface area contributed by atoms with E-state index in [2.05, 4.69) is 15.4 Å². The van der Waals surface area contributed by atoms with Crippen molar-refractivity contribution in [2.75, 3.05) is 5.32 Å². The minimum absolute atomic E-state index is 0.0270. The summed E-state index contributed by atoms with van der Waals surface area (Å²) in [5.41, 5.74) is -0.179. The van der Waals surface area contributed by atoms with E-state index < -0.39 is 54.9 Å². The van der Waals surface area contributed by atoms with Gasteiger partial charge in [-0.3, -0.25) is 14.5 Å². The number of pyridine rings is 1. The third-order valence-corrected chi connectivity index (χ3v) is 5.78. The highest BCUT2D eigenvalue weighted by molar-refractivity contribution is 6.06. The number of hydrogen-bond acceptors (Lipinski definition) is 3. The monoisotopic (exact) mass is 500 g/mol. The highest BCUT2D eigenvalue weighted by Crippen LogP contribution is 2.44. The van der Waals surface area contributed by atoms with E-state index in [4.69, 9.17) is 0 Å². The SMILES string of the molecule is O=C(Nc1c(-c2cc(F)ccc2F)ccnc1C1CCC(F)(F)CC1)c1cnn(CC(F)(F)F)c1. The molecule has 0 aliphatic heterocycles. The van der Waals surface area contributed by atoms with Crippen LogP contribution in [-0.4, -0.2) is 32.8 Å². The quantitative estimate of drug-likeness (QED) is 0.417. The van der Waals surface area contributed by atoms with Crippen LogP contribution >= 0.6 is 0 Å². The Morgan fingerprint density at radius 1 is 1.11 bits per heavy atom. The number of nitrogens with zero attached hydrogens (tertiary/aromatic N) is 3. The van der Waals surface area contributed by atoms with Crippen molar-refractivity contribution in [3.05, 3.63) is 65.7 Å². The van der Waals surface area contributed by atoms with Gasteiger partial charge in [0.05, 0.1) is 23.1 Å². The van der Waals surface area contributed by atoms with Gasteiger partial charge in [0, 0.05) is 42.3 Å². The first kappa shape index (κ1) is 24.7. The molecule has 0 atom stereocenters. The normalized spacial score (nSPS) is 16.3. The maximum atomic E-state index is 14.6. The number of nitrogens with one attached hydrogen (secondary N) is 1. The Balaban J connectivity index is 1.73. The van der Waals surface area contributed by atoms with Crippen molar-refractivity contribution in [3.8, 4) is 11.1 Å². The molecule has 5 nitrogen and oxygen atoms in total. The summed E-state index contributed by atoms with van der Waals surface area (Å²) in [5.74, 6) is -5.75. The zero-order chi connectivity index (χ0) is 25.4. The summed E-state index contributed by atoms with van der Waals surface area (Å²) in [6.07, 6.45) is -2.16. The molecule has 0 spiro atoms. The lowest BCUT2D eigenvalue weighted by Crippen LogP contribution is -2.25. The minimum Gasteiger partial charge on any atom is -0.320 e. The van der Waals surface area contributed by atoms with Crippen LogP contribution in [0.2, 0.25) is 0 Å². The van der Waals surface area contributed by atoms with Gasteiger partial charge in [-0.05, 0) is 37.1 Å². The predicted octanol–water partition coefficient (Wildman–Crippen LogP) is 6.33. The van der Waals surface area contributed by atoms with Crippen LogP contribution in [0.3, 0.4) is 0 Å². The van der Waals surface area contributed by atoms with Crippen LogP contribution in [0.15, 0.2) is 42.9 Å². The minimum atomic E-state index is -4.55. The summed E-state index contributed by atoms with van der Waals surface area (Å²) in [4.78, 5) is 17.1. The van der Waals surface area contributed by atoms with Crippen LogP contribution in [0.25, 0.3) is 11.1 Å². The van der Waals surface area contributed by atoms with E-state index in [0.717, 1.165) is 30.6 Å². The first-order valence-corrected chi connectivity index (χ1v) is 10.6. The molecule has 2 aromatic heterocycles. The summed E-state index contributed by atoms with van der Waals surface area (Å²) < 4.78 is 94.4. The molecular formula is C23H19F7N4O. The third-order valence-electron chi connectivity index (χ3n) is 5.78. The van der Waals surface area contributed by atoms with Crippen molar-refractivity contribution in [3.63, 3.8) is 0 Å². The van der Waals surface area contributed by atoms with Crippen molar-refractivity contribution < 1.29 is 35.5 Å². The molecule has 0 saturated heterocycles. The predicted molar refractivity (Wildman–Crippen MR) is 112 cm³/mol. The van der Waals surface area contributed by atoms with E-state index >= 15 is 0 Å². The zero-order valence-corrected chi connectivity index (χ0v) is 18.0. The second kappa shape index (κ2) is 9.31. The van der Waals surface area contributed by atoms with E-state index in [9.17, 15) is 35.5 Å². The van der Waals surface area contributed by atoms with Gasteiger partial charge in [0.25, 0.3) is 5.91 Å². The maximum absolute atomic E-state index is 14.6. The van der Waals surface area contributed by atoms with Crippen molar-refractivity contribution in [2.24, 2.45) is 0 Å². The number of amides is 1. The summed E-state index contributed by atoms with van der Waals surface area (Å²) in [5, 5.41) is 6.05. The Morgan fingerprint density at radius 2 is 1.83 bits per heavy atom. The largest absolute Gasteiger partial charge is 0.408 e. The number of rotatable bonds is 5. The molecule has 1 fully saturated rings. The Hall–Kier alpha value is -3.44. The van der Waals surface area contributed by atoms with Gasteiger partial charge >= 0.3 is 6.18 Å². The number of hydrogen-bond donors (Lipinski definition) is 1. The standard InChI is InChI=1S/C23H19F7N4O/c24-15-1-2-18(25)17(9-15)16-5-8-31-19(13-3-6-22(26,27)7-4-13)20(16)33-21(35)14-10-32-34(11-14)12-23(28,29)30/h1-2,5,8-11,13H,3-4,6-7,12H2,(H,33,35). The second-order valence-electron chi connectivity index (χ2n) is 8.37. The van der Waals surface area contributed by atoms with Gasteiger partial charge in [-0.2, -0.15) is 18.3 Å². The van der Waals surface area contributed by atoms with Gasteiger partial charge in [0.1, 0.15) is 18.2 Å². The van der Waals surface area contributed by atoms with E-state index in [1.165, 1.54) is 12.3 Å². The highest BCUT2D eigenvalue weighted by atomic mass is 19.4. The molecule has 0 bridgehead atoms. The summed E-state index contributed by atoms with van der Waals surface area (Å²) >= 11 is 0. The third kappa shape index (κ3) is 5.80. The van der Waals surface area contributed by atoms with E-state index in [1.54, 1.807) is 0 Å². The fourth-order valence-electron chi connectivity index (χ4n) is 4.10. The van der Waals surface area contributed by atoms with E-state index in [-0.39, 0.29) is 40.9 Å². The van der Waals surface area contributed by atoms with Crippen LogP contribution in [0, 0.1) is 11.6 Å². The van der Waals surface area contributed by atoms with E-state index in [0.29, 0.717) is 4.68 Å². The number of halogens is 7. The van der Waals surface area contributed by atoms with Gasteiger partial charge in [0.15, 0.2) is 0 Å². The highest BCUT2D eigenvalue weighted by Gasteiger charge is 2.37. The Bertz CT molecular complexity index is 1230. The number of alkyl halides is 5. The lowest BCUT2D eigenvalue weighted by atomic mass is 9.83. The molecule has 2 heterocycles. The molecule has 1 amide bonds. The van der Waals surface area contributed by atoms with Crippen LogP contribution in [0.5, 0.6) is 0 Å². The lowest BCUT2D eigenvalue weighted by molar-refractivity contribution is -0.142. The molecule has 4 rings (SSSR count). The Kier molecular flexibility index (Phi) is 6.56. The molecule has 1 aliphatic rings. The molecule has 35 heavy (non-hydrogen) atoms. The summed E-state index contributed by atoms with van der Waals surface area (Å²) in [6.45, 7) is -1.41. The fraction of sp³-hybridized carbons (Fsp3) is 0.348. The zero-order valence-electron chi connectivity index (χ0n) is 18.0. The molecule has 1 aromatic carbocycles. The van der Waals surface area contributed by atoms with Crippen LogP contribution in [0.4, 0.5) is 36.4 Å². The van der Waals surface area contributed by atoms with Crippen molar-refractivity contribution in [2.45, 2.75) is 50.2 Å². The number of anilines is 1. The number of carbonyl (C=O) groups excluding carboxylic acids is 1. The maximum Gasteiger partial charge on any atom is 0.408 e. The number of carbonyl (C=O) groups is 1. The molecule has 0 radical (unpaired) electrons. The summed E-state index contributed by atoms with van der Waals surface area (Å²) in [6, 6.07) is 4.07. The first-order chi connectivity index (χ1) is 16.4. The van der Waals surface area contributed by atoms with Gasteiger partial charge in [0.2, 0.25) is 5.92 Å². The molecule has 12 heteroatoms. The molecule has 1 N–H and O–H groups in total. The van der Waals surface area contributed by atoms with E-state index in [1.807, 2.05) is 0 Å². The molecule has 186 valence electrons. The van der Waals surface area contributed by atoms with Gasteiger partial charge < -0.3 is 5.32 Å². The van der Waals surface area contributed by atoms with Gasteiger partial charge in [-0.25, -0.2) is 17.6 Å². The Morgan fingerprint density at radius 3 is 2.51 bits per heavy atom. The van der Waals surface area contributed by atoms with Gasteiger partial charge in [-0.1, -0.05) is 0 Å². The second-order valence-corrected chi connectivity index (χ2v) is 8.37. The fourth-order valence-corrected chi connectivity index (χ4v) is 4.10. The molecule has 3 aromatic rings. The van der Waals surface area contributed by atoms with Crippen molar-refractivity contribution in [1.82, 2.24) is 14.8 Å². The molecule has 1 aliphatic carbocycles. The smallest absolute Gasteiger partial charge is 0.320 e. The summed E-state index contributed by atoms with van der Waals surface area (Å²) in [7, 11) is 0. The van der Waals surface area contributed by atoms with Crippen LogP contribution in [0.1, 0.15) is 47.7 Å². The first-order valence-electron chi connectivity index (χ1n) is 10.6. The molecule has 1 saturated carbocycles. The average Bonchev–Trinajstić information content (AvgIpc) is 3.23. The molecule has 0 unspecified atom stereocenters. The molecular weight excluding hydrogens is 481 g/mol. The average molecular weight is 500 g/mol. The van der Waals surface area contributed by atoms with Crippen LogP contribution < -0.4 is 5.32 Å². The number of benzene rings is 1. The van der Waals surface area contributed by atoms with Crippen LogP contribution in [-0.2, 0) is 6.54 Å². The Labute approximate surface area is 195 Å². The van der Waals surface area contributed by atoms with Crippen molar-refractivity contribution >= 4 is 11.6 Å². The van der Waals surface area contributed by atoms with Gasteiger partial charge in [-0.15, -0.1) is 0 Å². The lowest BCUT2D eigenvalue weighted by Gasteiger charge is -2.29.